The highest BCUT2D eigenvalue weighted by atomic mass is 16.5. The number of benzene rings is 2. The maximum atomic E-state index is 8.93. The molecule has 0 radical (unpaired) electrons. The number of nitrogen functional groups attached to an aromatic ring is 1. The first-order chi connectivity index (χ1) is 9.10. The Balaban J connectivity index is 2.26. The van der Waals surface area contributed by atoms with Crippen molar-refractivity contribution in [1.29, 1.82) is 5.26 Å². The number of nitrogens with two attached hydrogens (primary N) is 1. The van der Waals surface area contributed by atoms with E-state index in [0.717, 1.165) is 11.4 Å². The standard InChI is InChI=1S/C15H15N3O/c1-18(2)12-4-3-5-13(9-12)19-14-6-7-15(17)11(8-14)10-16/h3-9H,17H2,1-2H3. The average Bonchev–Trinajstić information content (AvgIpc) is 2.41. The molecule has 0 saturated carbocycles. The zero-order valence-electron chi connectivity index (χ0n) is 10.9. The fourth-order valence-electron chi connectivity index (χ4n) is 1.66. The first kappa shape index (κ1) is 12.8. The van der Waals surface area contributed by atoms with Crippen LogP contribution < -0.4 is 15.4 Å². The fourth-order valence-corrected chi connectivity index (χ4v) is 1.66. The molecule has 0 aliphatic rings. The van der Waals surface area contributed by atoms with Gasteiger partial charge < -0.3 is 15.4 Å². The zero-order valence-corrected chi connectivity index (χ0v) is 10.9. The quantitative estimate of drug-likeness (QED) is 0.854. The van der Waals surface area contributed by atoms with Gasteiger partial charge in [0.05, 0.1) is 5.56 Å². The number of ether oxygens (including phenoxy) is 1. The van der Waals surface area contributed by atoms with E-state index in [9.17, 15) is 0 Å². The van der Waals surface area contributed by atoms with E-state index in [2.05, 4.69) is 0 Å². The molecule has 0 saturated heterocycles. The van der Waals surface area contributed by atoms with Crippen molar-refractivity contribution in [1.82, 2.24) is 0 Å². The number of hydrogen-bond acceptors (Lipinski definition) is 4. The van der Waals surface area contributed by atoms with Crippen molar-refractivity contribution in [3.63, 3.8) is 0 Å². The lowest BCUT2D eigenvalue weighted by molar-refractivity contribution is 0.482. The lowest BCUT2D eigenvalue weighted by Gasteiger charge is -2.14. The summed E-state index contributed by atoms with van der Waals surface area (Å²) in [7, 11) is 3.94. The molecule has 0 fully saturated rings. The molecule has 19 heavy (non-hydrogen) atoms. The maximum absolute atomic E-state index is 8.93. The van der Waals surface area contributed by atoms with Gasteiger partial charge in [0.15, 0.2) is 0 Å². The van der Waals surface area contributed by atoms with Crippen LogP contribution in [0, 0.1) is 11.3 Å². The van der Waals surface area contributed by atoms with Gasteiger partial charge in [0.2, 0.25) is 0 Å². The van der Waals surface area contributed by atoms with Gasteiger partial charge in [-0.1, -0.05) is 6.07 Å². The SMILES string of the molecule is CN(C)c1cccc(Oc2ccc(N)c(C#N)c2)c1. The van der Waals surface area contributed by atoms with Crippen LogP contribution in [-0.2, 0) is 0 Å². The number of hydrogen-bond donors (Lipinski definition) is 1. The Morgan fingerprint density at radius 2 is 1.84 bits per heavy atom. The van der Waals surface area contributed by atoms with Gasteiger partial charge in [-0.2, -0.15) is 5.26 Å². The lowest BCUT2D eigenvalue weighted by atomic mass is 10.2. The van der Waals surface area contributed by atoms with Crippen molar-refractivity contribution in [2.45, 2.75) is 0 Å². The van der Waals surface area contributed by atoms with Gasteiger partial charge in [-0.3, -0.25) is 0 Å². The molecule has 2 rings (SSSR count). The third-order valence-corrected chi connectivity index (χ3v) is 2.71. The highest BCUT2D eigenvalue weighted by Gasteiger charge is 2.04. The van der Waals surface area contributed by atoms with Crippen LogP contribution in [0.15, 0.2) is 42.5 Å². The Morgan fingerprint density at radius 3 is 2.53 bits per heavy atom. The molecule has 0 bridgehead atoms. The molecule has 0 aliphatic heterocycles. The van der Waals surface area contributed by atoms with Crippen LogP contribution in [0.4, 0.5) is 11.4 Å². The molecular formula is C15H15N3O. The molecule has 0 atom stereocenters. The summed E-state index contributed by atoms with van der Waals surface area (Å²) in [5, 5.41) is 8.93. The first-order valence-corrected chi connectivity index (χ1v) is 5.85. The van der Waals surface area contributed by atoms with Crippen molar-refractivity contribution >= 4 is 11.4 Å². The van der Waals surface area contributed by atoms with Crippen LogP contribution >= 0.6 is 0 Å². The lowest BCUT2D eigenvalue weighted by Crippen LogP contribution is -2.08. The van der Waals surface area contributed by atoms with Gasteiger partial charge in [-0.15, -0.1) is 0 Å². The number of nitrogens with zero attached hydrogens (tertiary/aromatic N) is 2. The average molecular weight is 253 g/mol. The van der Waals surface area contributed by atoms with Crippen molar-refractivity contribution in [3.05, 3.63) is 48.0 Å². The van der Waals surface area contributed by atoms with Crippen LogP contribution in [0.1, 0.15) is 5.56 Å². The number of nitriles is 1. The normalized spacial score (nSPS) is 9.74. The predicted octanol–water partition coefficient (Wildman–Crippen LogP) is 3.00. The van der Waals surface area contributed by atoms with E-state index in [1.165, 1.54) is 0 Å². The van der Waals surface area contributed by atoms with E-state index in [-0.39, 0.29) is 0 Å². The van der Waals surface area contributed by atoms with Crippen LogP contribution in [0.25, 0.3) is 0 Å². The van der Waals surface area contributed by atoms with E-state index in [1.807, 2.05) is 49.3 Å². The van der Waals surface area contributed by atoms with Gasteiger partial charge in [0.25, 0.3) is 0 Å². The van der Waals surface area contributed by atoms with Crippen molar-refractivity contribution < 1.29 is 4.74 Å². The Labute approximate surface area is 112 Å². The van der Waals surface area contributed by atoms with Gasteiger partial charge in [-0.05, 0) is 24.3 Å². The summed E-state index contributed by atoms with van der Waals surface area (Å²) in [6, 6.07) is 14.8. The van der Waals surface area contributed by atoms with Crippen LogP contribution in [0.5, 0.6) is 11.5 Å². The van der Waals surface area contributed by atoms with Gasteiger partial charge >= 0.3 is 0 Å². The van der Waals surface area contributed by atoms with E-state index in [1.54, 1.807) is 18.2 Å². The molecule has 0 aromatic heterocycles. The minimum absolute atomic E-state index is 0.418. The Kier molecular flexibility index (Phi) is 3.58. The Morgan fingerprint density at radius 1 is 1.11 bits per heavy atom. The number of anilines is 2. The molecule has 4 nitrogen and oxygen atoms in total. The van der Waals surface area contributed by atoms with Crippen LogP contribution in [-0.4, -0.2) is 14.1 Å². The molecule has 2 aromatic rings. The molecule has 96 valence electrons. The second-order valence-corrected chi connectivity index (χ2v) is 4.35. The van der Waals surface area contributed by atoms with Crippen molar-refractivity contribution in [2.75, 3.05) is 24.7 Å². The minimum atomic E-state index is 0.418. The topological polar surface area (TPSA) is 62.3 Å². The summed E-state index contributed by atoms with van der Waals surface area (Å²) in [5.74, 6) is 1.32. The van der Waals surface area contributed by atoms with Crippen molar-refractivity contribution in [3.8, 4) is 17.6 Å². The summed E-state index contributed by atoms with van der Waals surface area (Å²) in [5.41, 5.74) is 7.60. The molecule has 0 aliphatic carbocycles. The summed E-state index contributed by atoms with van der Waals surface area (Å²) in [6.45, 7) is 0. The van der Waals surface area contributed by atoms with E-state index in [4.69, 9.17) is 15.7 Å². The largest absolute Gasteiger partial charge is 0.457 e. The molecule has 2 aromatic carbocycles. The van der Waals surface area contributed by atoms with E-state index < -0.39 is 0 Å². The molecule has 0 amide bonds. The second-order valence-electron chi connectivity index (χ2n) is 4.35. The fraction of sp³-hybridized carbons (Fsp3) is 0.133. The molecule has 2 N–H and O–H groups in total. The smallest absolute Gasteiger partial charge is 0.129 e. The molecular weight excluding hydrogens is 238 g/mol. The summed E-state index contributed by atoms with van der Waals surface area (Å²) >= 11 is 0. The molecule has 4 heteroatoms. The first-order valence-electron chi connectivity index (χ1n) is 5.85. The van der Waals surface area contributed by atoms with Crippen LogP contribution in [0.2, 0.25) is 0 Å². The zero-order chi connectivity index (χ0) is 13.8. The van der Waals surface area contributed by atoms with E-state index >= 15 is 0 Å². The summed E-state index contributed by atoms with van der Waals surface area (Å²) in [4.78, 5) is 2.00. The highest BCUT2D eigenvalue weighted by molar-refractivity contribution is 5.57. The predicted molar refractivity (Wildman–Crippen MR) is 76.4 cm³/mol. The van der Waals surface area contributed by atoms with Gasteiger partial charge in [-0.25, -0.2) is 0 Å². The summed E-state index contributed by atoms with van der Waals surface area (Å²) in [6.07, 6.45) is 0. The summed E-state index contributed by atoms with van der Waals surface area (Å²) < 4.78 is 5.73. The minimum Gasteiger partial charge on any atom is -0.457 e. The third-order valence-electron chi connectivity index (χ3n) is 2.71. The molecule has 0 spiro atoms. The monoisotopic (exact) mass is 253 g/mol. The Bertz CT molecular complexity index is 630. The van der Waals surface area contributed by atoms with Gasteiger partial charge in [0.1, 0.15) is 17.6 Å². The highest BCUT2D eigenvalue weighted by Crippen LogP contribution is 2.27. The molecule has 0 heterocycles. The maximum Gasteiger partial charge on any atom is 0.129 e. The molecule has 0 unspecified atom stereocenters. The number of rotatable bonds is 3. The van der Waals surface area contributed by atoms with Gasteiger partial charge in [0, 0.05) is 37.6 Å². The van der Waals surface area contributed by atoms with Crippen LogP contribution in [0.3, 0.4) is 0 Å². The second kappa shape index (κ2) is 5.32. The van der Waals surface area contributed by atoms with E-state index in [0.29, 0.717) is 17.0 Å². The van der Waals surface area contributed by atoms with Crippen molar-refractivity contribution in [2.24, 2.45) is 0 Å². The third kappa shape index (κ3) is 2.96. The Hall–Kier alpha value is -2.67.